The lowest BCUT2D eigenvalue weighted by molar-refractivity contribution is -0.146. The van der Waals surface area contributed by atoms with Crippen molar-refractivity contribution in [1.82, 2.24) is 0 Å². The van der Waals surface area contributed by atoms with E-state index in [2.05, 4.69) is 5.32 Å². The molecule has 0 spiro atoms. The number of fused-ring (bicyclic) bond motifs is 2. The summed E-state index contributed by atoms with van der Waals surface area (Å²) in [4.78, 5) is 38.6. The average Bonchev–Trinajstić information content (AvgIpc) is 3.46. The summed E-state index contributed by atoms with van der Waals surface area (Å²) in [6, 6.07) is 9.52. The Morgan fingerprint density at radius 3 is 2.40 bits per heavy atom. The second-order valence-corrected chi connectivity index (χ2v) is 8.75. The molecule has 0 aliphatic heterocycles. The molecule has 2 aromatic rings. The molecule has 156 valence electrons. The van der Waals surface area contributed by atoms with Crippen LogP contribution in [0.25, 0.3) is 11.1 Å². The van der Waals surface area contributed by atoms with Gasteiger partial charge in [0.15, 0.2) is 0 Å². The highest BCUT2D eigenvalue weighted by molar-refractivity contribution is 7.17. The van der Waals surface area contributed by atoms with Crippen molar-refractivity contribution in [1.29, 1.82) is 0 Å². The number of esters is 1. The van der Waals surface area contributed by atoms with E-state index >= 15 is 0 Å². The van der Waals surface area contributed by atoms with Crippen molar-refractivity contribution < 1.29 is 24.2 Å². The van der Waals surface area contributed by atoms with Crippen LogP contribution >= 0.6 is 11.3 Å². The van der Waals surface area contributed by atoms with Gasteiger partial charge in [0.05, 0.1) is 18.9 Å². The zero-order valence-corrected chi connectivity index (χ0v) is 17.6. The molecule has 1 amide bonds. The van der Waals surface area contributed by atoms with Gasteiger partial charge in [-0.05, 0) is 30.2 Å². The molecule has 6 nitrogen and oxygen atoms in total. The van der Waals surface area contributed by atoms with Crippen molar-refractivity contribution >= 4 is 34.2 Å². The van der Waals surface area contributed by atoms with Crippen LogP contribution in [-0.4, -0.2) is 30.1 Å². The minimum Gasteiger partial charge on any atom is -0.481 e. The summed E-state index contributed by atoms with van der Waals surface area (Å²) >= 11 is 1.34. The number of anilines is 1. The zero-order chi connectivity index (χ0) is 21.4. The van der Waals surface area contributed by atoms with Crippen molar-refractivity contribution in [2.75, 3.05) is 12.4 Å². The van der Waals surface area contributed by atoms with E-state index in [0.29, 0.717) is 23.4 Å². The summed E-state index contributed by atoms with van der Waals surface area (Å²) in [5, 5.41) is 13.0. The fraction of sp³-hybridized carbons (Fsp3) is 0.348. The number of allylic oxidation sites excluding steroid dienone is 2. The molecular weight excluding hydrogens is 402 g/mol. The molecule has 1 saturated carbocycles. The molecule has 1 aromatic heterocycles. The van der Waals surface area contributed by atoms with Gasteiger partial charge in [-0.25, -0.2) is 4.79 Å². The molecule has 1 heterocycles. The molecule has 4 rings (SSSR count). The van der Waals surface area contributed by atoms with Crippen LogP contribution in [-0.2, 0) is 20.7 Å². The number of hydrogen-bond donors (Lipinski definition) is 2. The first-order chi connectivity index (χ1) is 14.5. The summed E-state index contributed by atoms with van der Waals surface area (Å²) in [5.41, 5.74) is 1.95. The quantitative estimate of drug-likeness (QED) is 0.534. The number of rotatable bonds is 6. The number of carboxylic acid groups (broad SMARTS) is 1. The van der Waals surface area contributed by atoms with E-state index in [1.54, 1.807) is 0 Å². The number of carbonyl (C=O) groups is 3. The lowest BCUT2D eigenvalue weighted by Gasteiger charge is -2.23. The predicted octanol–water partition coefficient (Wildman–Crippen LogP) is 4.23. The highest BCUT2D eigenvalue weighted by Crippen LogP contribution is 2.49. The minimum atomic E-state index is -0.953. The molecule has 0 radical (unpaired) electrons. The van der Waals surface area contributed by atoms with E-state index in [1.165, 1.54) is 18.4 Å². The Labute approximate surface area is 178 Å². The maximum atomic E-state index is 13.2. The Hall–Kier alpha value is -2.93. The molecule has 7 heteroatoms. The number of amides is 1. The normalized spacial score (nSPS) is 24.1. The molecule has 1 aromatic carbocycles. The fourth-order valence-corrected chi connectivity index (χ4v) is 5.89. The van der Waals surface area contributed by atoms with Gasteiger partial charge in [0, 0.05) is 10.4 Å². The maximum absolute atomic E-state index is 13.2. The van der Waals surface area contributed by atoms with E-state index in [0.717, 1.165) is 16.0 Å². The lowest BCUT2D eigenvalue weighted by atomic mass is 9.82. The number of thiophene rings is 1. The molecule has 2 aliphatic carbocycles. The molecule has 2 aliphatic rings. The first kappa shape index (κ1) is 20.3. The van der Waals surface area contributed by atoms with Crippen molar-refractivity contribution in [3.8, 4) is 11.1 Å². The van der Waals surface area contributed by atoms with Gasteiger partial charge in [-0.2, -0.15) is 0 Å². The molecular formula is C23H23NO5S. The highest BCUT2D eigenvalue weighted by atomic mass is 32.1. The van der Waals surface area contributed by atoms with Gasteiger partial charge in [-0.1, -0.05) is 49.4 Å². The number of hydrogen-bond acceptors (Lipinski definition) is 5. The number of ether oxygens (including phenoxy) is 1. The van der Waals surface area contributed by atoms with E-state index in [4.69, 9.17) is 4.74 Å². The van der Waals surface area contributed by atoms with E-state index in [9.17, 15) is 19.5 Å². The molecule has 0 saturated heterocycles. The van der Waals surface area contributed by atoms with Gasteiger partial charge in [0.25, 0.3) is 0 Å². The summed E-state index contributed by atoms with van der Waals surface area (Å²) in [6.07, 6.45) is 5.21. The topological polar surface area (TPSA) is 92.7 Å². The second kappa shape index (κ2) is 8.07. The average molecular weight is 426 g/mol. The van der Waals surface area contributed by atoms with Crippen molar-refractivity contribution in [2.45, 2.75) is 19.8 Å². The third-order valence-corrected chi connectivity index (χ3v) is 7.29. The molecule has 4 atom stereocenters. The third-order valence-electron chi connectivity index (χ3n) is 6.04. The van der Waals surface area contributed by atoms with Gasteiger partial charge in [-0.15, -0.1) is 11.3 Å². The Morgan fingerprint density at radius 1 is 1.13 bits per heavy atom. The molecule has 2 bridgehead atoms. The standard InChI is InChI=1S/C23H23NO5S/c1-3-15-16(12-7-5-4-6-8-12)19(23(28)29-2)21(30-15)24-20(25)17-13-9-10-14(11-13)18(17)22(26)27/h4-10,13-14,17-18H,3,11H2,1-2H3,(H,24,25)(H,26,27)/t13-,14-,17+,18+/m0/s1. The predicted molar refractivity (Wildman–Crippen MR) is 114 cm³/mol. The summed E-state index contributed by atoms with van der Waals surface area (Å²) in [6.45, 7) is 1.99. The van der Waals surface area contributed by atoms with Gasteiger partial charge < -0.3 is 15.2 Å². The van der Waals surface area contributed by atoms with Crippen LogP contribution in [0.3, 0.4) is 0 Å². The molecule has 2 N–H and O–H groups in total. The fourth-order valence-electron chi connectivity index (χ4n) is 4.73. The van der Waals surface area contributed by atoms with Gasteiger partial charge in [0.1, 0.15) is 10.6 Å². The van der Waals surface area contributed by atoms with Crippen LogP contribution in [0.15, 0.2) is 42.5 Å². The number of carboxylic acids is 1. The number of methoxy groups -OCH3 is 1. The SMILES string of the molecule is CCc1sc(NC(=O)[C@H]2[C@H](C(=O)O)[C@H]3C=C[C@H]2C3)c(C(=O)OC)c1-c1ccccc1. The van der Waals surface area contributed by atoms with Gasteiger partial charge >= 0.3 is 11.9 Å². The Kier molecular flexibility index (Phi) is 5.47. The van der Waals surface area contributed by atoms with Crippen molar-refractivity contribution in [3.63, 3.8) is 0 Å². The maximum Gasteiger partial charge on any atom is 0.341 e. The minimum absolute atomic E-state index is 0.0862. The number of carbonyl (C=O) groups excluding carboxylic acids is 2. The van der Waals surface area contributed by atoms with Crippen molar-refractivity contribution in [3.05, 3.63) is 52.9 Å². The second-order valence-electron chi connectivity index (χ2n) is 7.64. The van der Waals surface area contributed by atoms with Crippen LogP contribution in [0.4, 0.5) is 5.00 Å². The number of aryl methyl sites for hydroxylation is 1. The van der Waals surface area contributed by atoms with Crippen LogP contribution in [0.2, 0.25) is 0 Å². The number of aliphatic carboxylic acids is 1. The molecule has 30 heavy (non-hydrogen) atoms. The van der Waals surface area contributed by atoms with Crippen LogP contribution in [0.5, 0.6) is 0 Å². The van der Waals surface area contributed by atoms with E-state index < -0.39 is 23.8 Å². The number of benzene rings is 1. The van der Waals surface area contributed by atoms with Crippen LogP contribution in [0, 0.1) is 23.7 Å². The molecule has 0 unspecified atom stereocenters. The Morgan fingerprint density at radius 2 is 1.80 bits per heavy atom. The molecule has 1 fully saturated rings. The smallest absolute Gasteiger partial charge is 0.341 e. The largest absolute Gasteiger partial charge is 0.481 e. The number of nitrogens with one attached hydrogen (secondary N) is 1. The van der Waals surface area contributed by atoms with Crippen molar-refractivity contribution in [2.24, 2.45) is 23.7 Å². The first-order valence-corrected chi connectivity index (χ1v) is 10.8. The highest BCUT2D eigenvalue weighted by Gasteiger charge is 2.51. The lowest BCUT2D eigenvalue weighted by Crippen LogP contribution is -2.36. The van der Waals surface area contributed by atoms with E-state index in [1.807, 2.05) is 49.4 Å². The summed E-state index contributed by atoms with van der Waals surface area (Å²) in [5.74, 6) is -3.41. The third kappa shape index (κ3) is 3.33. The summed E-state index contributed by atoms with van der Waals surface area (Å²) in [7, 11) is 1.31. The Bertz CT molecular complexity index is 1030. The monoisotopic (exact) mass is 425 g/mol. The first-order valence-electron chi connectivity index (χ1n) is 9.97. The Balaban J connectivity index is 1.73. The summed E-state index contributed by atoms with van der Waals surface area (Å²) < 4.78 is 5.02. The zero-order valence-electron chi connectivity index (χ0n) is 16.8. The van der Waals surface area contributed by atoms with E-state index in [-0.39, 0.29) is 17.7 Å². The van der Waals surface area contributed by atoms with Gasteiger partial charge in [0.2, 0.25) is 5.91 Å². The van der Waals surface area contributed by atoms with Gasteiger partial charge in [-0.3, -0.25) is 9.59 Å². The van der Waals surface area contributed by atoms with Crippen LogP contribution < -0.4 is 5.32 Å². The van der Waals surface area contributed by atoms with Crippen LogP contribution in [0.1, 0.15) is 28.6 Å².